The van der Waals surface area contributed by atoms with Crippen molar-refractivity contribution in [3.8, 4) is 17.2 Å². The Balaban J connectivity index is 1.86. The number of fused-ring (bicyclic) bond motifs is 1. The fourth-order valence-electron chi connectivity index (χ4n) is 4.72. The van der Waals surface area contributed by atoms with Gasteiger partial charge in [0.15, 0.2) is 17.6 Å². The molecule has 14 heteroatoms. The van der Waals surface area contributed by atoms with Crippen LogP contribution in [0.15, 0.2) is 39.9 Å². The van der Waals surface area contributed by atoms with Crippen molar-refractivity contribution in [2.24, 2.45) is 0 Å². The second-order valence-electron chi connectivity index (χ2n) is 9.13. The molecule has 0 atom stereocenters. The first-order valence-electron chi connectivity index (χ1n) is 12.3. The van der Waals surface area contributed by atoms with E-state index < -0.39 is 43.1 Å². The number of rotatable bonds is 11. The van der Waals surface area contributed by atoms with Crippen LogP contribution in [0.25, 0.3) is 10.9 Å². The molecule has 1 aliphatic heterocycles. The number of likely N-dealkylation sites (tertiary alicyclic amines) is 1. The van der Waals surface area contributed by atoms with Crippen LogP contribution in [0.4, 0.5) is 17.6 Å². The number of halogens is 5. The van der Waals surface area contributed by atoms with E-state index in [1.165, 1.54) is 42.0 Å². The molecule has 1 aliphatic rings. The third kappa shape index (κ3) is 6.03. The average Bonchev–Trinajstić information content (AvgIpc) is 2.95. The van der Waals surface area contributed by atoms with E-state index in [9.17, 15) is 31.9 Å². The number of carbonyl (C=O) groups is 1. The summed E-state index contributed by atoms with van der Waals surface area (Å²) >= 11 is 6.16. The van der Waals surface area contributed by atoms with Gasteiger partial charge >= 0.3 is 12.3 Å². The first kappa shape index (κ1) is 29.2. The number of aromatic nitrogens is 2. The zero-order chi connectivity index (χ0) is 29.0. The number of piperidine rings is 1. The summed E-state index contributed by atoms with van der Waals surface area (Å²) in [6.07, 6.45) is 0.249. The van der Waals surface area contributed by atoms with Gasteiger partial charge in [0, 0.05) is 19.1 Å². The van der Waals surface area contributed by atoms with Gasteiger partial charge in [-0.2, -0.15) is 8.78 Å². The lowest BCUT2D eigenvalue weighted by Crippen LogP contribution is -2.44. The van der Waals surface area contributed by atoms with E-state index in [0.29, 0.717) is 25.9 Å². The summed E-state index contributed by atoms with van der Waals surface area (Å²) < 4.78 is 69.1. The summed E-state index contributed by atoms with van der Waals surface area (Å²) in [6, 6.07) is 6.45. The summed E-state index contributed by atoms with van der Waals surface area (Å²) in [7, 11) is 1.22. The van der Waals surface area contributed by atoms with E-state index in [0.717, 1.165) is 11.0 Å². The van der Waals surface area contributed by atoms with Gasteiger partial charge in [0.05, 0.1) is 29.6 Å². The summed E-state index contributed by atoms with van der Waals surface area (Å²) in [5.41, 5.74) is -0.792. The predicted octanol–water partition coefficient (Wildman–Crippen LogP) is 3.95. The molecule has 0 unspecified atom stereocenters. The van der Waals surface area contributed by atoms with Crippen LogP contribution in [0, 0.1) is 0 Å². The molecule has 1 aromatic heterocycles. The van der Waals surface area contributed by atoms with Crippen LogP contribution in [-0.4, -0.2) is 66.7 Å². The summed E-state index contributed by atoms with van der Waals surface area (Å²) in [4.78, 5) is 40.2. The number of amides is 1. The minimum absolute atomic E-state index is 0.0376. The smallest absolute Gasteiger partial charge is 0.387 e. The zero-order valence-corrected chi connectivity index (χ0v) is 22.1. The SMILES string of the molecule is COc1cc(Cn2c(=O)c3cc(OC(CF)CF)ccc3n(C3CCN(C=O)CC3)c2=O)cc(Cl)c1OC(F)F. The molecule has 2 heterocycles. The van der Waals surface area contributed by atoms with Gasteiger partial charge in [-0.1, -0.05) is 11.6 Å². The highest BCUT2D eigenvalue weighted by Crippen LogP contribution is 2.37. The van der Waals surface area contributed by atoms with Gasteiger partial charge in [0.1, 0.15) is 19.1 Å². The molecule has 0 aliphatic carbocycles. The van der Waals surface area contributed by atoms with Crippen molar-refractivity contribution in [3.05, 3.63) is 61.8 Å². The topological polar surface area (TPSA) is 92.0 Å². The van der Waals surface area contributed by atoms with Crippen molar-refractivity contribution in [2.75, 3.05) is 33.5 Å². The van der Waals surface area contributed by atoms with Crippen LogP contribution in [-0.2, 0) is 11.3 Å². The van der Waals surface area contributed by atoms with Crippen molar-refractivity contribution < 1.29 is 36.6 Å². The normalized spacial score (nSPS) is 14.2. The highest BCUT2D eigenvalue weighted by molar-refractivity contribution is 6.32. The lowest BCUT2D eigenvalue weighted by atomic mass is 10.0. The fraction of sp³-hybridized carbons (Fsp3) is 0.423. The van der Waals surface area contributed by atoms with E-state index in [1.54, 1.807) is 4.90 Å². The second-order valence-corrected chi connectivity index (χ2v) is 9.54. The molecule has 4 rings (SSSR count). The molecular weight excluding hydrogens is 562 g/mol. The minimum atomic E-state index is -3.16. The molecular formula is C26H26ClF4N3O6. The van der Waals surface area contributed by atoms with Gasteiger partial charge in [0.25, 0.3) is 5.56 Å². The molecule has 0 N–H and O–H groups in total. The van der Waals surface area contributed by atoms with E-state index in [-0.39, 0.29) is 45.6 Å². The van der Waals surface area contributed by atoms with Crippen LogP contribution >= 0.6 is 11.6 Å². The van der Waals surface area contributed by atoms with Gasteiger partial charge in [-0.05, 0) is 48.7 Å². The second kappa shape index (κ2) is 12.6. The Labute approximate surface area is 230 Å². The maximum atomic E-state index is 13.8. The molecule has 1 saturated heterocycles. The van der Waals surface area contributed by atoms with Crippen LogP contribution < -0.4 is 25.5 Å². The highest BCUT2D eigenvalue weighted by atomic mass is 35.5. The maximum absolute atomic E-state index is 13.8. The Bertz CT molecular complexity index is 1490. The summed E-state index contributed by atoms with van der Waals surface area (Å²) in [5, 5.41) is -0.161. The molecule has 1 fully saturated rings. The third-order valence-corrected chi connectivity index (χ3v) is 6.92. The fourth-order valence-corrected chi connectivity index (χ4v) is 5.00. The standard InChI is InChI=1S/C26H26ClF4N3O6/c1-38-22-9-15(8-20(27)23(22)40-25(30)31)13-33-24(36)19-10-17(39-18(11-28)12-29)2-3-21(19)34(26(33)37)16-4-6-32(14-35)7-5-16/h2-3,8-10,14,16,18,25H,4-7,11-13H2,1H3. The van der Waals surface area contributed by atoms with Gasteiger partial charge in [-0.25, -0.2) is 13.6 Å². The Kier molecular flexibility index (Phi) is 9.23. The highest BCUT2D eigenvalue weighted by Gasteiger charge is 2.25. The van der Waals surface area contributed by atoms with E-state index >= 15 is 0 Å². The quantitative estimate of drug-likeness (QED) is 0.249. The van der Waals surface area contributed by atoms with E-state index in [1.807, 2.05) is 0 Å². The lowest BCUT2D eigenvalue weighted by molar-refractivity contribution is -0.119. The summed E-state index contributed by atoms with van der Waals surface area (Å²) in [6.45, 7) is -4.84. The molecule has 1 amide bonds. The van der Waals surface area contributed by atoms with Crippen molar-refractivity contribution >= 4 is 28.9 Å². The van der Waals surface area contributed by atoms with Crippen molar-refractivity contribution in [3.63, 3.8) is 0 Å². The molecule has 40 heavy (non-hydrogen) atoms. The predicted molar refractivity (Wildman–Crippen MR) is 138 cm³/mol. The van der Waals surface area contributed by atoms with Crippen molar-refractivity contribution in [2.45, 2.75) is 38.1 Å². The Hall–Kier alpha value is -3.74. The third-order valence-electron chi connectivity index (χ3n) is 6.64. The number of benzene rings is 2. The zero-order valence-electron chi connectivity index (χ0n) is 21.3. The average molecular weight is 588 g/mol. The number of hydrogen-bond donors (Lipinski definition) is 0. The molecule has 3 aromatic rings. The van der Waals surface area contributed by atoms with Crippen LogP contribution in [0.2, 0.25) is 5.02 Å². The molecule has 216 valence electrons. The van der Waals surface area contributed by atoms with Crippen LogP contribution in [0.5, 0.6) is 17.2 Å². The van der Waals surface area contributed by atoms with Crippen LogP contribution in [0.3, 0.4) is 0 Å². The first-order chi connectivity index (χ1) is 19.2. The van der Waals surface area contributed by atoms with Gasteiger partial charge < -0.3 is 19.1 Å². The molecule has 0 saturated carbocycles. The van der Waals surface area contributed by atoms with Gasteiger partial charge in [-0.3, -0.25) is 18.7 Å². The minimum Gasteiger partial charge on any atom is -0.493 e. The Morgan fingerprint density at radius 1 is 1.07 bits per heavy atom. The number of alkyl halides is 4. The molecule has 0 radical (unpaired) electrons. The van der Waals surface area contributed by atoms with Crippen LogP contribution in [0.1, 0.15) is 24.4 Å². The number of hydrogen-bond acceptors (Lipinski definition) is 6. The molecule has 2 aromatic carbocycles. The Morgan fingerprint density at radius 2 is 1.77 bits per heavy atom. The first-order valence-corrected chi connectivity index (χ1v) is 12.7. The van der Waals surface area contributed by atoms with Crippen molar-refractivity contribution in [1.29, 1.82) is 0 Å². The number of methoxy groups -OCH3 is 1. The van der Waals surface area contributed by atoms with Crippen molar-refractivity contribution in [1.82, 2.24) is 14.0 Å². The van der Waals surface area contributed by atoms with Gasteiger partial charge in [-0.15, -0.1) is 0 Å². The largest absolute Gasteiger partial charge is 0.493 e. The molecule has 0 bridgehead atoms. The Morgan fingerprint density at radius 3 is 2.38 bits per heavy atom. The monoisotopic (exact) mass is 587 g/mol. The lowest BCUT2D eigenvalue weighted by Gasteiger charge is -2.31. The van der Waals surface area contributed by atoms with E-state index in [4.69, 9.17) is 21.1 Å². The van der Waals surface area contributed by atoms with Gasteiger partial charge in [0.2, 0.25) is 6.41 Å². The maximum Gasteiger partial charge on any atom is 0.387 e. The number of nitrogens with zero attached hydrogens (tertiary/aromatic N) is 3. The molecule has 9 nitrogen and oxygen atoms in total. The van der Waals surface area contributed by atoms with E-state index in [2.05, 4.69) is 4.74 Å². The molecule has 0 spiro atoms. The number of carbonyl (C=O) groups excluding carboxylic acids is 1. The summed E-state index contributed by atoms with van der Waals surface area (Å²) in [5.74, 6) is -0.488. The number of ether oxygens (including phenoxy) is 3.